The second-order valence-corrected chi connectivity index (χ2v) is 5.87. The predicted molar refractivity (Wildman–Crippen MR) is 79.9 cm³/mol. The molecule has 0 spiro atoms. The summed E-state index contributed by atoms with van der Waals surface area (Å²) in [5.74, 6) is -1.64. The number of thiazole rings is 1. The van der Waals surface area contributed by atoms with E-state index in [-0.39, 0.29) is 18.5 Å². The Morgan fingerprint density at radius 2 is 2.19 bits per heavy atom. The quantitative estimate of drug-likeness (QED) is 0.859. The maximum atomic E-state index is 14.0. The smallest absolute Gasteiger partial charge is 0.315 e. The van der Waals surface area contributed by atoms with E-state index in [0.717, 1.165) is 10.6 Å². The summed E-state index contributed by atoms with van der Waals surface area (Å²) in [6, 6.07) is 5.93. The molecule has 4 nitrogen and oxygen atoms in total. The fourth-order valence-electron chi connectivity index (χ4n) is 2.40. The summed E-state index contributed by atoms with van der Waals surface area (Å²) in [5, 5.41) is 9.64. The van der Waals surface area contributed by atoms with Crippen LogP contribution in [-0.4, -0.2) is 22.6 Å². The van der Waals surface area contributed by atoms with Crippen molar-refractivity contribution < 1.29 is 14.3 Å². The minimum atomic E-state index is -1.41. The monoisotopic (exact) mass is 308 g/mol. The number of benzene rings is 1. The van der Waals surface area contributed by atoms with Crippen LogP contribution >= 0.6 is 11.3 Å². The van der Waals surface area contributed by atoms with E-state index >= 15 is 0 Å². The molecule has 0 radical (unpaired) electrons. The lowest BCUT2D eigenvalue weighted by molar-refractivity contribution is -0.143. The van der Waals surface area contributed by atoms with E-state index in [1.807, 2.05) is 6.92 Å². The first-order chi connectivity index (χ1) is 10.0. The molecule has 6 heteroatoms. The minimum Gasteiger partial charge on any atom is -0.481 e. The van der Waals surface area contributed by atoms with Crippen LogP contribution in [0, 0.1) is 12.7 Å². The predicted octanol–water partition coefficient (Wildman–Crippen LogP) is 2.50. The number of aliphatic carboxylic acids is 1. The van der Waals surface area contributed by atoms with Crippen LogP contribution in [0.1, 0.15) is 22.6 Å². The van der Waals surface area contributed by atoms with Gasteiger partial charge < -0.3 is 10.8 Å². The maximum Gasteiger partial charge on any atom is 0.315 e. The van der Waals surface area contributed by atoms with Crippen LogP contribution in [0.5, 0.6) is 0 Å². The van der Waals surface area contributed by atoms with Gasteiger partial charge in [0.05, 0.1) is 11.2 Å². The number of aromatic nitrogens is 1. The Morgan fingerprint density at radius 3 is 2.71 bits per heavy atom. The molecule has 1 atom stereocenters. The zero-order valence-corrected chi connectivity index (χ0v) is 12.5. The van der Waals surface area contributed by atoms with Gasteiger partial charge in [0.1, 0.15) is 11.2 Å². The van der Waals surface area contributed by atoms with Crippen molar-refractivity contribution in [3.8, 4) is 0 Å². The molecule has 1 aromatic heterocycles. The van der Waals surface area contributed by atoms with Crippen molar-refractivity contribution >= 4 is 17.3 Å². The summed E-state index contributed by atoms with van der Waals surface area (Å²) >= 11 is 1.47. The Morgan fingerprint density at radius 1 is 1.48 bits per heavy atom. The highest BCUT2D eigenvalue weighted by Gasteiger charge is 2.40. The number of carboxylic acids is 1. The van der Waals surface area contributed by atoms with Gasteiger partial charge in [0, 0.05) is 17.0 Å². The Kier molecular flexibility index (Phi) is 4.69. The summed E-state index contributed by atoms with van der Waals surface area (Å²) in [4.78, 5) is 16.9. The number of halogens is 1. The Labute approximate surface area is 126 Å². The van der Waals surface area contributed by atoms with Crippen LogP contribution in [0.3, 0.4) is 0 Å². The number of nitrogens with zero attached hydrogens (tertiary/aromatic N) is 1. The third kappa shape index (κ3) is 2.96. The van der Waals surface area contributed by atoms with Crippen molar-refractivity contribution in [2.75, 3.05) is 6.54 Å². The second kappa shape index (κ2) is 6.32. The summed E-state index contributed by atoms with van der Waals surface area (Å²) < 4.78 is 14.0. The average Bonchev–Trinajstić information content (AvgIpc) is 2.87. The lowest BCUT2D eigenvalue weighted by atomic mass is 9.76. The summed E-state index contributed by atoms with van der Waals surface area (Å²) in [6.07, 6.45) is 0.747. The average molecular weight is 308 g/mol. The van der Waals surface area contributed by atoms with Crippen LogP contribution in [-0.2, 0) is 16.6 Å². The normalized spacial score (nSPS) is 13.9. The van der Waals surface area contributed by atoms with Crippen molar-refractivity contribution in [3.05, 3.63) is 51.7 Å². The topological polar surface area (TPSA) is 76.2 Å². The SMILES string of the molecule is Cc1ncsc1CCC(CN)(C(=O)O)c1ccccc1F. The highest BCUT2D eigenvalue weighted by atomic mass is 32.1. The fraction of sp³-hybridized carbons (Fsp3) is 0.333. The largest absolute Gasteiger partial charge is 0.481 e. The van der Waals surface area contributed by atoms with Gasteiger partial charge in [-0.1, -0.05) is 18.2 Å². The first kappa shape index (κ1) is 15.6. The number of hydrogen-bond acceptors (Lipinski definition) is 4. The third-order valence-corrected chi connectivity index (χ3v) is 4.77. The van der Waals surface area contributed by atoms with E-state index in [9.17, 15) is 14.3 Å². The number of hydrogen-bond donors (Lipinski definition) is 2. The number of rotatable bonds is 6. The molecule has 1 unspecified atom stereocenters. The molecular formula is C15H17FN2O2S. The summed E-state index contributed by atoms with van der Waals surface area (Å²) in [6.45, 7) is 1.72. The second-order valence-electron chi connectivity index (χ2n) is 4.93. The van der Waals surface area contributed by atoms with Crippen LogP contribution in [0.15, 0.2) is 29.8 Å². The number of carbonyl (C=O) groups is 1. The molecule has 112 valence electrons. The van der Waals surface area contributed by atoms with Gasteiger partial charge in [-0.3, -0.25) is 4.79 Å². The van der Waals surface area contributed by atoms with Crippen molar-refractivity contribution in [2.24, 2.45) is 5.73 Å². The van der Waals surface area contributed by atoms with Crippen molar-refractivity contribution in [1.29, 1.82) is 0 Å². The van der Waals surface area contributed by atoms with Gasteiger partial charge in [-0.2, -0.15) is 0 Å². The highest BCUT2D eigenvalue weighted by molar-refractivity contribution is 7.09. The highest BCUT2D eigenvalue weighted by Crippen LogP contribution is 2.32. The van der Waals surface area contributed by atoms with Gasteiger partial charge in [-0.05, 0) is 25.8 Å². The lowest BCUT2D eigenvalue weighted by Gasteiger charge is -2.28. The zero-order valence-electron chi connectivity index (χ0n) is 11.7. The third-order valence-electron chi connectivity index (χ3n) is 3.77. The van der Waals surface area contributed by atoms with Gasteiger partial charge in [-0.15, -0.1) is 11.3 Å². The molecule has 2 aromatic rings. The zero-order chi connectivity index (χ0) is 15.5. The molecule has 0 fully saturated rings. The Bertz CT molecular complexity index is 644. The van der Waals surface area contributed by atoms with Crippen LogP contribution in [0.4, 0.5) is 4.39 Å². The molecule has 0 aliphatic carbocycles. The van der Waals surface area contributed by atoms with E-state index in [1.165, 1.54) is 29.5 Å². The van der Waals surface area contributed by atoms with E-state index in [0.29, 0.717) is 6.42 Å². The van der Waals surface area contributed by atoms with E-state index in [1.54, 1.807) is 11.6 Å². The molecule has 0 saturated carbocycles. The van der Waals surface area contributed by atoms with E-state index in [2.05, 4.69) is 4.98 Å². The first-order valence-corrected chi connectivity index (χ1v) is 7.46. The minimum absolute atomic E-state index is 0.141. The van der Waals surface area contributed by atoms with Crippen LogP contribution < -0.4 is 5.73 Å². The van der Waals surface area contributed by atoms with Gasteiger partial charge in [0.15, 0.2) is 0 Å². The van der Waals surface area contributed by atoms with Crippen molar-refractivity contribution in [2.45, 2.75) is 25.2 Å². The van der Waals surface area contributed by atoms with E-state index < -0.39 is 17.2 Å². The molecule has 0 bridgehead atoms. The Hall–Kier alpha value is -1.79. The molecule has 0 aliphatic heterocycles. The number of carboxylic acid groups (broad SMARTS) is 1. The maximum absolute atomic E-state index is 14.0. The molecule has 21 heavy (non-hydrogen) atoms. The van der Waals surface area contributed by atoms with Crippen molar-refractivity contribution in [1.82, 2.24) is 4.98 Å². The molecule has 0 saturated heterocycles. The molecule has 0 amide bonds. The van der Waals surface area contributed by atoms with Gasteiger partial charge >= 0.3 is 5.97 Å². The number of aryl methyl sites for hydroxylation is 2. The van der Waals surface area contributed by atoms with Gasteiger partial charge in [0.25, 0.3) is 0 Å². The molecule has 1 aromatic carbocycles. The molecule has 3 N–H and O–H groups in total. The number of nitrogens with two attached hydrogens (primary N) is 1. The molecule has 2 rings (SSSR count). The standard InChI is InChI=1S/C15H17FN2O2S/c1-10-13(21-9-18-10)6-7-15(8-17,14(19)20)11-4-2-3-5-12(11)16/h2-5,9H,6-8,17H2,1H3,(H,19,20). The molecule has 0 aliphatic rings. The first-order valence-electron chi connectivity index (χ1n) is 6.58. The fourth-order valence-corrected chi connectivity index (χ4v) is 3.18. The van der Waals surface area contributed by atoms with Gasteiger partial charge in [0.2, 0.25) is 0 Å². The molecule has 1 heterocycles. The van der Waals surface area contributed by atoms with Crippen LogP contribution in [0.25, 0.3) is 0 Å². The van der Waals surface area contributed by atoms with Crippen molar-refractivity contribution in [3.63, 3.8) is 0 Å². The summed E-state index contributed by atoms with van der Waals surface area (Å²) in [7, 11) is 0. The van der Waals surface area contributed by atoms with Crippen LogP contribution in [0.2, 0.25) is 0 Å². The van der Waals surface area contributed by atoms with Gasteiger partial charge in [-0.25, -0.2) is 9.37 Å². The lowest BCUT2D eigenvalue weighted by Crippen LogP contribution is -2.44. The summed E-state index contributed by atoms with van der Waals surface area (Å²) in [5.41, 5.74) is 7.05. The Balaban J connectivity index is 2.36. The van der Waals surface area contributed by atoms with E-state index in [4.69, 9.17) is 5.73 Å². The molecular weight excluding hydrogens is 291 g/mol.